The van der Waals surface area contributed by atoms with E-state index in [0.29, 0.717) is 17.1 Å². The lowest BCUT2D eigenvalue weighted by atomic mass is 10.2. The van der Waals surface area contributed by atoms with Gasteiger partial charge in [-0.2, -0.15) is 5.26 Å². The van der Waals surface area contributed by atoms with Gasteiger partial charge >= 0.3 is 0 Å². The molecule has 0 spiro atoms. The van der Waals surface area contributed by atoms with Crippen LogP contribution in [-0.2, 0) is 0 Å². The van der Waals surface area contributed by atoms with Crippen LogP contribution in [0.25, 0.3) is 0 Å². The Kier molecular flexibility index (Phi) is 4.73. The lowest BCUT2D eigenvalue weighted by Gasteiger charge is -2.17. The third-order valence-corrected chi connectivity index (χ3v) is 2.42. The van der Waals surface area contributed by atoms with E-state index in [1.165, 1.54) is 0 Å². The molecule has 0 aliphatic carbocycles. The van der Waals surface area contributed by atoms with Gasteiger partial charge in [0.2, 0.25) is 0 Å². The highest BCUT2D eigenvalue weighted by atomic mass is 15.1. The maximum absolute atomic E-state index is 8.98. The summed E-state index contributed by atoms with van der Waals surface area (Å²) in [7, 11) is 4.07. The summed E-state index contributed by atoms with van der Waals surface area (Å²) < 4.78 is 0. The zero-order chi connectivity index (χ0) is 12.8. The summed E-state index contributed by atoms with van der Waals surface area (Å²) in [6, 6.07) is 3.99. The molecule has 0 saturated heterocycles. The third kappa shape index (κ3) is 4.29. The van der Waals surface area contributed by atoms with Crippen LogP contribution >= 0.6 is 0 Å². The molecule has 0 aromatic carbocycles. The predicted octanol–water partition coefficient (Wildman–Crippen LogP) is 1.29. The quantitative estimate of drug-likeness (QED) is 0.801. The van der Waals surface area contributed by atoms with Crippen LogP contribution in [0, 0.1) is 11.3 Å². The Balaban J connectivity index is 2.65. The number of pyridine rings is 1. The van der Waals surface area contributed by atoms with Crippen LogP contribution in [0.4, 0.5) is 11.5 Å². The summed E-state index contributed by atoms with van der Waals surface area (Å²) >= 11 is 0. The van der Waals surface area contributed by atoms with Crippen molar-refractivity contribution in [2.45, 2.75) is 19.4 Å². The molecule has 0 aliphatic heterocycles. The fourth-order valence-corrected chi connectivity index (χ4v) is 1.44. The molecule has 1 aromatic heterocycles. The van der Waals surface area contributed by atoms with Crippen molar-refractivity contribution in [2.75, 3.05) is 31.7 Å². The van der Waals surface area contributed by atoms with E-state index in [9.17, 15) is 0 Å². The van der Waals surface area contributed by atoms with E-state index in [-0.39, 0.29) is 6.04 Å². The smallest absolute Gasteiger partial charge is 0.144 e. The molecule has 0 saturated carbocycles. The molecular formula is C12H19N5. The molecular weight excluding hydrogens is 214 g/mol. The lowest BCUT2D eigenvalue weighted by molar-refractivity contribution is 0.390. The average molecular weight is 233 g/mol. The zero-order valence-electron chi connectivity index (χ0n) is 10.6. The lowest BCUT2D eigenvalue weighted by Crippen LogP contribution is -2.23. The Morgan fingerprint density at radius 3 is 2.88 bits per heavy atom. The molecule has 1 atom stereocenters. The predicted molar refractivity (Wildman–Crippen MR) is 69.6 cm³/mol. The van der Waals surface area contributed by atoms with Gasteiger partial charge in [-0.15, -0.1) is 0 Å². The van der Waals surface area contributed by atoms with Crippen LogP contribution in [0.15, 0.2) is 12.3 Å². The number of anilines is 2. The monoisotopic (exact) mass is 233 g/mol. The Hall–Kier alpha value is -1.80. The number of nitrogens with two attached hydrogens (primary N) is 1. The molecule has 5 heteroatoms. The molecule has 3 N–H and O–H groups in total. The molecule has 0 fully saturated rings. The second-order valence-electron chi connectivity index (χ2n) is 4.41. The van der Waals surface area contributed by atoms with Crippen molar-refractivity contribution in [2.24, 2.45) is 0 Å². The molecule has 92 valence electrons. The van der Waals surface area contributed by atoms with Crippen LogP contribution in [0.3, 0.4) is 0 Å². The Labute approximate surface area is 102 Å². The van der Waals surface area contributed by atoms with Crippen LogP contribution < -0.4 is 11.1 Å². The summed E-state index contributed by atoms with van der Waals surface area (Å²) in [6.45, 7) is 3.06. The number of nitrogens with one attached hydrogen (secondary N) is 1. The molecule has 0 radical (unpaired) electrons. The van der Waals surface area contributed by atoms with Crippen LogP contribution in [0.5, 0.6) is 0 Å². The molecule has 0 amide bonds. The second kappa shape index (κ2) is 6.06. The first-order valence-electron chi connectivity index (χ1n) is 5.60. The number of nitrogens with zero attached hydrogens (tertiary/aromatic N) is 3. The molecule has 1 rings (SSSR count). The van der Waals surface area contributed by atoms with Crippen molar-refractivity contribution in [1.29, 1.82) is 5.26 Å². The molecule has 17 heavy (non-hydrogen) atoms. The molecule has 1 unspecified atom stereocenters. The molecule has 0 aliphatic rings. The number of nitrogen functional groups attached to an aromatic ring is 1. The fourth-order valence-electron chi connectivity index (χ4n) is 1.44. The minimum Gasteiger partial charge on any atom is -0.397 e. The summed E-state index contributed by atoms with van der Waals surface area (Å²) in [5.41, 5.74) is 6.58. The van der Waals surface area contributed by atoms with Crippen LogP contribution in [0.2, 0.25) is 0 Å². The van der Waals surface area contributed by atoms with Crippen molar-refractivity contribution >= 4 is 11.5 Å². The van der Waals surface area contributed by atoms with E-state index in [1.807, 2.05) is 14.1 Å². The van der Waals surface area contributed by atoms with E-state index >= 15 is 0 Å². The van der Waals surface area contributed by atoms with Gasteiger partial charge < -0.3 is 16.0 Å². The molecule has 5 nitrogen and oxygen atoms in total. The van der Waals surface area contributed by atoms with Crippen molar-refractivity contribution in [3.05, 3.63) is 17.8 Å². The zero-order valence-corrected chi connectivity index (χ0v) is 10.6. The maximum atomic E-state index is 8.98. The van der Waals surface area contributed by atoms with Gasteiger partial charge in [-0.1, -0.05) is 0 Å². The summed E-state index contributed by atoms with van der Waals surface area (Å²) in [6.07, 6.45) is 2.55. The second-order valence-corrected chi connectivity index (χ2v) is 4.41. The Morgan fingerprint density at radius 2 is 2.29 bits per heavy atom. The van der Waals surface area contributed by atoms with Crippen molar-refractivity contribution in [3.8, 4) is 6.07 Å². The minimum atomic E-state index is 0.264. The van der Waals surface area contributed by atoms with Crippen LogP contribution in [0.1, 0.15) is 18.9 Å². The maximum Gasteiger partial charge on any atom is 0.144 e. The van der Waals surface area contributed by atoms with Crippen molar-refractivity contribution in [1.82, 2.24) is 9.88 Å². The highest BCUT2D eigenvalue weighted by Gasteiger charge is 2.08. The van der Waals surface area contributed by atoms with E-state index < -0.39 is 0 Å². The van der Waals surface area contributed by atoms with Crippen LogP contribution in [-0.4, -0.2) is 36.6 Å². The van der Waals surface area contributed by atoms with Gasteiger partial charge in [-0.3, -0.25) is 0 Å². The number of rotatable bonds is 5. The largest absolute Gasteiger partial charge is 0.397 e. The van der Waals surface area contributed by atoms with E-state index in [1.54, 1.807) is 12.3 Å². The number of hydrogen-bond acceptors (Lipinski definition) is 5. The topological polar surface area (TPSA) is 78.0 Å². The summed E-state index contributed by atoms with van der Waals surface area (Å²) in [4.78, 5) is 6.27. The van der Waals surface area contributed by atoms with Gasteiger partial charge in [0.1, 0.15) is 11.9 Å². The van der Waals surface area contributed by atoms with Gasteiger partial charge in [0, 0.05) is 6.04 Å². The van der Waals surface area contributed by atoms with Crippen molar-refractivity contribution in [3.63, 3.8) is 0 Å². The average Bonchev–Trinajstić information content (AvgIpc) is 2.28. The van der Waals surface area contributed by atoms with Gasteiger partial charge in [-0.05, 0) is 40.1 Å². The molecule has 1 aromatic rings. The third-order valence-electron chi connectivity index (χ3n) is 2.42. The highest BCUT2D eigenvalue weighted by Crippen LogP contribution is 2.15. The van der Waals surface area contributed by atoms with E-state index in [2.05, 4.69) is 28.2 Å². The van der Waals surface area contributed by atoms with E-state index in [0.717, 1.165) is 13.0 Å². The number of hydrogen-bond donors (Lipinski definition) is 2. The van der Waals surface area contributed by atoms with Gasteiger partial charge in [0.05, 0.1) is 17.4 Å². The van der Waals surface area contributed by atoms with E-state index in [4.69, 9.17) is 11.0 Å². The van der Waals surface area contributed by atoms with Gasteiger partial charge in [0.15, 0.2) is 0 Å². The number of nitriles is 1. The van der Waals surface area contributed by atoms with Gasteiger partial charge in [0.25, 0.3) is 0 Å². The first-order valence-corrected chi connectivity index (χ1v) is 5.60. The first-order chi connectivity index (χ1) is 8.02. The number of aromatic nitrogens is 1. The summed E-state index contributed by atoms with van der Waals surface area (Å²) in [5, 5.41) is 12.2. The Morgan fingerprint density at radius 1 is 1.59 bits per heavy atom. The molecule has 1 heterocycles. The highest BCUT2D eigenvalue weighted by molar-refractivity contribution is 5.57. The first kappa shape index (κ1) is 13.3. The minimum absolute atomic E-state index is 0.264. The molecule has 0 bridgehead atoms. The summed E-state index contributed by atoms with van der Waals surface area (Å²) in [5.74, 6) is 0.605. The fraction of sp³-hybridized carbons (Fsp3) is 0.500. The van der Waals surface area contributed by atoms with Crippen molar-refractivity contribution < 1.29 is 0 Å². The van der Waals surface area contributed by atoms with Gasteiger partial charge in [-0.25, -0.2) is 4.98 Å². The normalized spacial score (nSPS) is 12.2. The standard InChI is InChI=1S/C12H19N5/c1-9(4-5-17(2)3)16-12-10(7-13)6-11(14)8-15-12/h6,8-9H,4-5,14H2,1-3H3,(H,15,16). The Bertz CT molecular complexity index is 408. The SMILES string of the molecule is CC(CCN(C)C)Nc1ncc(N)cc1C#N.